The predicted octanol–water partition coefficient (Wildman–Crippen LogP) is 4.45. The molecule has 1 amide bonds. The fourth-order valence-corrected chi connectivity index (χ4v) is 4.02. The molecule has 3 aromatic rings. The minimum atomic E-state index is -3.66. The molecule has 0 saturated heterocycles. The Morgan fingerprint density at radius 2 is 1.80 bits per heavy atom. The van der Waals surface area contributed by atoms with Gasteiger partial charge in [0.25, 0.3) is 5.91 Å². The summed E-state index contributed by atoms with van der Waals surface area (Å²) in [6, 6.07) is 9.64. The standard InChI is InChI=1S/C22H25ClN2O4S/c1-13-7-8-17-18(21(24-19(17)10-13)22(26)25-30(4,27)28)6-5-9-29-16-11-14(2)20(23)15(3)12-16/h7-8,10-12,24H,5-6,9H2,1-4H3,(H,25,26). The molecule has 0 atom stereocenters. The van der Waals surface area contributed by atoms with Crippen molar-refractivity contribution in [2.45, 2.75) is 33.6 Å². The molecule has 0 saturated carbocycles. The Bertz CT molecular complexity index is 1190. The van der Waals surface area contributed by atoms with Gasteiger partial charge in [-0.1, -0.05) is 23.7 Å². The molecule has 0 bridgehead atoms. The number of aromatic amines is 1. The Balaban J connectivity index is 1.79. The minimum absolute atomic E-state index is 0.263. The number of rotatable bonds is 7. The predicted molar refractivity (Wildman–Crippen MR) is 120 cm³/mol. The van der Waals surface area contributed by atoms with Gasteiger partial charge in [0.2, 0.25) is 10.0 Å². The normalized spacial score (nSPS) is 11.6. The average Bonchev–Trinajstić information content (AvgIpc) is 2.99. The number of carbonyl (C=O) groups excluding carboxylic acids is 1. The highest BCUT2D eigenvalue weighted by Gasteiger charge is 2.20. The Hall–Kier alpha value is -2.51. The average molecular weight is 449 g/mol. The molecule has 0 unspecified atom stereocenters. The van der Waals surface area contributed by atoms with E-state index in [0.29, 0.717) is 19.4 Å². The summed E-state index contributed by atoms with van der Waals surface area (Å²) in [7, 11) is -3.66. The first-order valence-corrected chi connectivity index (χ1v) is 11.8. The van der Waals surface area contributed by atoms with E-state index in [0.717, 1.165) is 50.2 Å². The van der Waals surface area contributed by atoms with Crippen LogP contribution in [0.2, 0.25) is 5.02 Å². The van der Waals surface area contributed by atoms with Gasteiger partial charge >= 0.3 is 0 Å². The van der Waals surface area contributed by atoms with Crippen LogP contribution in [0.3, 0.4) is 0 Å². The van der Waals surface area contributed by atoms with E-state index in [1.165, 1.54) is 0 Å². The van der Waals surface area contributed by atoms with E-state index in [-0.39, 0.29) is 5.69 Å². The second-order valence-corrected chi connectivity index (χ2v) is 9.68. The number of carbonyl (C=O) groups is 1. The summed E-state index contributed by atoms with van der Waals surface area (Å²) < 4.78 is 30.9. The summed E-state index contributed by atoms with van der Waals surface area (Å²) in [5.74, 6) is 0.0882. The molecule has 2 aromatic carbocycles. The fourth-order valence-electron chi connectivity index (χ4n) is 3.47. The topological polar surface area (TPSA) is 88.3 Å². The van der Waals surface area contributed by atoms with Crippen molar-refractivity contribution in [3.63, 3.8) is 0 Å². The van der Waals surface area contributed by atoms with Gasteiger partial charge in [0.15, 0.2) is 0 Å². The van der Waals surface area contributed by atoms with Crippen LogP contribution in [-0.4, -0.2) is 32.2 Å². The van der Waals surface area contributed by atoms with Gasteiger partial charge in [0.05, 0.1) is 12.9 Å². The lowest BCUT2D eigenvalue weighted by molar-refractivity contribution is 0.0976. The third-order valence-corrected chi connectivity index (χ3v) is 5.97. The van der Waals surface area contributed by atoms with Crippen molar-refractivity contribution in [3.05, 3.63) is 63.3 Å². The fraction of sp³-hybridized carbons (Fsp3) is 0.318. The van der Waals surface area contributed by atoms with Crippen molar-refractivity contribution in [2.75, 3.05) is 12.9 Å². The molecule has 0 radical (unpaired) electrons. The van der Waals surface area contributed by atoms with Gasteiger partial charge in [-0.3, -0.25) is 4.79 Å². The van der Waals surface area contributed by atoms with E-state index in [9.17, 15) is 13.2 Å². The Kier molecular flexibility index (Phi) is 6.43. The summed E-state index contributed by atoms with van der Waals surface area (Å²) in [4.78, 5) is 15.6. The first-order chi connectivity index (χ1) is 14.0. The number of sulfonamides is 1. The van der Waals surface area contributed by atoms with Crippen LogP contribution in [0.15, 0.2) is 30.3 Å². The number of hydrogen-bond donors (Lipinski definition) is 2. The molecule has 3 rings (SSSR count). The third-order valence-electron chi connectivity index (χ3n) is 4.82. The lowest BCUT2D eigenvalue weighted by Crippen LogP contribution is -2.30. The molecule has 30 heavy (non-hydrogen) atoms. The Morgan fingerprint density at radius 3 is 2.43 bits per heavy atom. The minimum Gasteiger partial charge on any atom is -0.494 e. The van der Waals surface area contributed by atoms with Crippen LogP contribution in [0.25, 0.3) is 10.9 Å². The number of nitrogens with one attached hydrogen (secondary N) is 2. The van der Waals surface area contributed by atoms with Gasteiger partial charge in [0.1, 0.15) is 11.4 Å². The van der Waals surface area contributed by atoms with Crippen molar-refractivity contribution in [3.8, 4) is 5.75 Å². The molecule has 1 heterocycles. The van der Waals surface area contributed by atoms with Crippen LogP contribution in [0.4, 0.5) is 0 Å². The number of aromatic nitrogens is 1. The van der Waals surface area contributed by atoms with E-state index in [1.807, 2.05) is 55.8 Å². The van der Waals surface area contributed by atoms with Crippen LogP contribution in [-0.2, 0) is 16.4 Å². The zero-order valence-electron chi connectivity index (χ0n) is 17.4. The zero-order valence-corrected chi connectivity index (χ0v) is 19.0. The van der Waals surface area contributed by atoms with Crippen molar-refractivity contribution < 1.29 is 17.9 Å². The Morgan fingerprint density at radius 1 is 1.13 bits per heavy atom. The number of hydrogen-bond acceptors (Lipinski definition) is 4. The first kappa shape index (κ1) is 22.2. The molecular weight excluding hydrogens is 424 g/mol. The van der Waals surface area contributed by atoms with Gasteiger partial charge < -0.3 is 9.72 Å². The first-order valence-electron chi connectivity index (χ1n) is 9.58. The highest BCUT2D eigenvalue weighted by atomic mass is 35.5. The summed E-state index contributed by atoms with van der Waals surface area (Å²) in [6.07, 6.45) is 2.17. The molecule has 0 aliphatic rings. The van der Waals surface area contributed by atoms with Crippen LogP contribution in [0, 0.1) is 20.8 Å². The summed E-state index contributed by atoms with van der Waals surface area (Å²) >= 11 is 6.20. The maximum Gasteiger partial charge on any atom is 0.281 e. The van der Waals surface area contributed by atoms with Gasteiger partial charge in [-0.15, -0.1) is 0 Å². The van der Waals surface area contributed by atoms with Crippen molar-refractivity contribution >= 4 is 38.4 Å². The molecule has 0 spiro atoms. The second kappa shape index (κ2) is 8.70. The third kappa shape index (κ3) is 5.15. The molecule has 1 aromatic heterocycles. The monoisotopic (exact) mass is 448 g/mol. The number of H-pyrrole nitrogens is 1. The summed E-state index contributed by atoms with van der Waals surface area (Å²) in [5, 5.41) is 1.63. The maximum absolute atomic E-state index is 12.5. The smallest absolute Gasteiger partial charge is 0.281 e. The highest BCUT2D eigenvalue weighted by Crippen LogP contribution is 2.27. The van der Waals surface area contributed by atoms with E-state index >= 15 is 0 Å². The number of benzene rings is 2. The van der Waals surface area contributed by atoms with E-state index in [2.05, 4.69) is 4.98 Å². The highest BCUT2D eigenvalue weighted by molar-refractivity contribution is 7.89. The van der Waals surface area contributed by atoms with Crippen LogP contribution >= 0.6 is 11.6 Å². The van der Waals surface area contributed by atoms with Crippen molar-refractivity contribution in [1.82, 2.24) is 9.71 Å². The van der Waals surface area contributed by atoms with E-state index in [1.54, 1.807) is 0 Å². The number of halogens is 1. The Labute approximate surface area is 181 Å². The van der Waals surface area contributed by atoms with Crippen molar-refractivity contribution in [2.24, 2.45) is 0 Å². The molecule has 8 heteroatoms. The molecular formula is C22H25ClN2O4S. The van der Waals surface area contributed by atoms with E-state index < -0.39 is 15.9 Å². The van der Waals surface area contributed by atoms with E-state index in [4.69, 9.17) is 16.3 Å². The number of ether oxygens (including phenoxy) is 1. The lowest BCUT2D eigenvalue weighted by atomic mass is 10.0. The number of fused-ring (bicyclic) bond motifs is 1. The van der Waals surface area contributed by atoms with Gasteiger partial charge in [-0.25, -0.2) is 13.1 Å². The largest absolute Gasteiger partial charge is 0.494 e. The van der Waals surface area contributed by atoms with Crippen LogP contribution < -0.4 is 9.46 Å². The lowest BCUT2D eigenvalue weighted by Gasteiger charge is -2.10. The van der Waals surface area contributed by atoms with Crippen LogP contribution in [0.5, 0.6) is 5.75 Å². The maximum atomic E-state index is 12.5. The van der Waals surface area contributed by atoms with Gasteiger partial charge in [0, 0.05) is 15.9 Å². The summed E-state index contributed by atoms with van der Waals surface area (Å²) in [6.45, 7) is 6.28. The second-order valence-electron chi connectivity index (χ2n) is 7.55. The molecule has 0 fully saturated rings. The summed E-state index contributed by atoms with van der Waals surface area (Å²) in [5.41, 5.74) is 4.80. The van der Waals surface area contributed by atoms with Crippen molar-refractivity contribution in [1.29, 1.82) is 0 Å². The number of amides is 1. The van der Waals surface area contributed by atoms with Gasteiger partial charge in [-0.2, -0.15) is 0 Å². The zero-order chi connectivity index (χ0) is 22.1. The molecule has 0 aliphatic carbocycles. The SMILES string of the molecule is Cc1ccc2c(CCCOc3cc(C)c(Cl)c(C)c3)c(C(=O)NS(C)(=O)=O)[nH]c2c1. The number of aryl methyl sites for hydroxylation is 4. The molecule has 2 N–H and O–H groups in total. The molecule has 160 valence electrons. The molecule has 0 aliphatic heterocycles. The molecule has 6 nitrogen and oxygen atoms in total. The van der Waals surface area contributed by atoms with Gasteiger partial charge in [-0.05, 0) is 74.1 Å². The van der Waals surface area contributed by atoms with Crippen LogP contribution in [0.1, 0.15) is 39.2 Å². The quantitative estimate of drug-likeness (QED) is 0.523.